The number of nitrogens with one attached hydrogen (secondary N) is 2. The standard InChI is InChI=1S/C12H19N5O4/c1-8(11(20)13-2)5-16(3)12(21)15-9-4-14-17(6-9)7-10(18)19/h4,6,8H,5,7H2,1-3H3,(H,13,20)(H,15,21)(H,18,19). The summed E-state index contributed by atoms with van der Waals surface area (Å²) in [5.74, 6) is -1.50. The van der Waals surface area contributed by atoms with Crippen LogP contribution in [-0.2, 0) is 16.1 Å². The van der Waals surface area contributed by atoms with Crippen molar-refractivity contribution in [2.45, 2.75) is 13.5 Å². The van der Waals surface area contributed by atoms with Gasteiger partial charge >= 0.3 is 12.0 Å². The first-order chi connectivity index (χ1) is 9.83. The zero-order valence-electron chi connectivity index (χ0n) is 12.2. The van der Waals surface area contributed by atoms with Gasteiger partial charge < -0.3 is 20.6 Å². The highest BCUT2D eigenvalue weighted by Crippen LogP contribution is 2.07. The molecule has 0 saturated carbocycles. The number of rotatable bonds is 6. The predicted octanol–water partition coefficient (Wildman–Crippen LogP) is -0.186. The van der Waals surface area contributed by atoms with E-state index in [0.29, 0.717) is 5.69 Å². The molecule has 116 valence electrons. The van der Waals surface area contributed by atoms with Crippen LogP contribution in [0.15, 0.2) is 12.4 Å². The van der Waals surface area contributed by atoms with Gasteiger partial charge in [-0.3, -0.25) is 14.3 Å². The second-order valence-corrected chi connectivity index (χ2v) is 4.65. The van der Waals surface area contributed by atoms with Crippen LogP contribution in [0.1, 0.15) is 6.92 Å². The smallest absolute Gasteiger partial charge is 0.325 e. The number of aliphatic carboxylic acids is 1. The number of urea groups is 1. The average molecular weight is 297 g/mol. The Balaban J connectivity index is 2.54. The molecule has 0 radical (unpaired) electrons. The van der Waals surface area contributed by atoms with Crippen molar-refractivity contribution in [1.82, 2.24) is 20.0 Å². The normalized spacial score (nSPS) is 11.6. The van der Waals surface area contributed by atoms with Gasteiger partial charge in [0, 0.05) is 26.8 Å². The van der Waals surface area contributed by atoms with Crippen LogP contribution in [0.5, 0.6) is 0 Å². The molecule has 0 saturated heterocycles. The largest absolute Gasteiger partial charge is 0.480 e. The van der Waals surface area contributed by atoms with E-state index in [0.717, 1.165) is 0 Å². The van der Waals surface area contributed by atoms with E-state index in [-0.39, 0.29) is 24.9 Å². The summed E-state index contributed by atoms with van der Waals surface area (Å²) in [7, 11) is 3.10. The van der Waals surface area contributed by atoms with E-state index in [9.17, 15) is 14.4 Å². The topological polar surface area (TPSA) is 117 Å². The summed E-state index contributed by atoms with van der Waals surface area (Å²) < 4.78 is 1.20. The minimum atomic E-state index is -1.02. The van der Waals surface area contributed by atoms with Crippen LogP contribution in [0.25, 0.3) is 0 Å². The van der Waals surface area contributed by atoms with Crippen LogP contribution in [0.3, 0.4) is 0 Å². The number of hydrogen-bond donors (Lipinski definition) is 3. The summed E-state index contributed by atoms with van der Waals surface area (Å²) in [6.07, 6.45) is 2.78. The van der Waals surface area contributed by atoms with Crippen LogP contribution in [0.4, 0.5) is 10.5 Å². The van der Waals surface area contributed by atoms with Gasteiger partial charge in [0.1, 0.15) is 6.54 Å². The van der Waals surface area contributed by atoms with Gasteiger partial charge in [-0.1, -0.05) is 6.92 Å². The van der Waals surface area contributed by atoms with Crippen molar-refractivity contribution < 1.29 is 19.5 Å². The van der Waals surface area contributed by atoms with Crippen molar-refractivity contribution >= 4 is 23.6 Å². The van der Waals surface area contributed by atoms with E-state index in [1.165, 1.54) is 29.0 Å². The lowest BCUT2D eigenvalue weighted by molar-refractivity contribution is -0.137. The quantitative estimate of drug-likeness (QED) is 0.673. The fraction of sp³-hybridized carbons (Fsp3) is 0.500. The molecule has 1 aromatic rings. The summed E-state index contributed by atoms with van der Waals surface area (Å²) >= 11 is 0. The summed E-state index contributed by atoms with van der Waals surface area (Å²) in [5, 5.41) is 17.5. The molecule has 0 aliphatic carbocycles. The molecule has 1 aromatic heterocycles. The molecule has 0 bridgehead atoms. The van der Waals surface area contributed by atoms with Crippen LogP contribution >= 0.6 is 0 Å². The highest BCUT2D eigenvalue weighted by molar-refractivity contribution is 5.89. The maximum Gasteiger partial charge on any atom is 0.325 e. The maximum atomic E-state index is 11.9. The van der Waals surface area contributed by atoms with Crippen molar-refractivity contribution in [2.24, 2.45) is 5.92 Å². The van der Waals surface area contributed by atoms with Gasteiger partial charge in [-0.15, -0.1) is 0 Å². The van der Waals surface area contributed by atoms with Crippen molar-refractivity contribution in [3.05, 3.63) is 12.4 Å². The average Bonchev–Trinajstić information content (AvgIpc) is 2.83. The molecule has 1 rings (SSSR count). The molecule has 9 nitrogen and oxygen atoms in total. The first kappa shape index (κ1) is 16.5. The number of aromatic nitrogens is 2. The number of carbonyl (C=O) groups is 3. The lowest BCUT2D eigenvalue weighted by Gasteiger charge is -2.20. The van der Waals surface area contributed by atoms with Gasteiger partial charge in [0.25, 0.3) is 0 Å². The Morgan fingerprint density at radius 1 is 1.48 bits per heavy atom. The molecule has 0 aliphatic rings. The molecule has 21 heavy (non-hydrogen) atoms. The Morgan fingerprint density at radius 2 is 2.14 bits per heavy atom. The Labute approximate surface area is 121 Å². The number of hydrogen-bond acceptors (Lipinski definition) is 4. The summed E-state index contributed by atoms with van der Waals surface area (Å²) in [6.45, 7) is 1.70. The molecule has 1 unspecified atom stereocenters. The fourth-order valence-corrected chi connectivity index (χ4v) is 1.70. The Hall–Kier alpha value is -2.58. The molecule has 0 fully saturated rings. The SMILES string of the molecule is CNC(=O)C(C)CN(C)C(=O)Nc1cnn(CC(=O)O)c1. The number of amides is 3. The summed E-state index contributed by atoms with van der Waals surface area (Å²) in [6, 6.07) is -0.402. The Kier molecular flexibility index (Phi) is 5.70. The van der Waals surface area contributed by atoms with E-state index in [1.54, 1.807) is 14.0 Å². The lowest BCUT2D eigenvalue weighted by atomic mass is 10.1. The van der Waals surface area contributed by atoms with E-state index >= 15 is 0 Å². The van der Waals surface area contributed by atoms with Gasteiger partial charge in [-0.05, 0) is 0 Å². The zero-order valence-corrected chi connectivity index (χ0v) is 12.2. The molecule has 0 aliphatic heterocycles. The third kappa shape index (κ3) is 5.13. The Morgan fingerprint density at radius 3 is 2.71 bits per heavy atom. The first-order valence-corrected chi connectivity index (χ1v) is 6.31. The fourth-order valence-electron chi connectivity index (χ4n) is 1.70. The second kappa shape index (κ2) is 7.27. The molecular formula is C12H19N5O4. The van der Waals surface area contributed by atoms with Gasteiger partial charge in [0.05, 0.1) is 17.8 Å². The summed E-state index contributed by atoms with van der Waals surface area (Å²) in [4.78, 5) is 35.2. The van der Waals surface area contributed by atoms with Gasteiger partial charge in [-0.25, -0.2) is 4.79 Å². The zero-order chi connectivity index (χ0) is 16.0. The number of carboxylic acid groups (broad SMARTS) is 1. The molecule has 1 heterocycles. The van der Waals surface area contributed by atoms with Crippen LogP contribution < -0.4 is 10.6 Å². The minimum absolute atomic E-state index is 0.149. The van der Waals surface area contributed by atoms with Crippen LogP contribution in [-0.4, -0.2) is 58.3 Å². The predicted molar refractivity (Wildman–Crippen MR) is 74.7 cm³/mol. The molecule has 3 N–H and O–H groups in total. The molecule has 0 aromatic carbocycles. The highest BCUT2D eigenvalue weighted by atomic mass is 16.4. The van der Waals surface area contributed by atoms with Crippen LogP contribution in [0, 0.1) is 5.92 Å². The monoisotopic (exact) mass is 297 g/mol. The Bertz CT molecular complexity index is 527. The van der Waals surface area contributed by atoms with Crippen LogP contribution in [0.2, 0.25) is 0 Å². The lowest BCUT2D eigenvalue weighted by Crippen LogP contribution is -2.39. The summed E-state index contributed by atoms with van der Waals surface area (Å²) in [5.41, 5.74) is 0.390. The van der Waals surface area contributed by atoms with E-state index in [1.807, 2.05) is 0 Å². The third-order valence-electron chi connectivity index (χ3n) is 2.77. The number of nitrogens with zero attached hydrogens (tertiary/aromatic N) is 3. The molecular weight excluding hydrogens is 278 g/mol. The van der Waals surface area contributed by atoms with Crippen molar-refractivity contribution in [3.63, 3.8) is 0 Å². The number of anilines is 1. The molecule has 1 atom stereocenters. The van der Waals surface area contributed by atoms with Crippen molar-refractivity contribution in [3.8, 4) is 0 Å². The van der Waals surface area contributed by atoms with Crippen molar-refractivity contribution in [1.29, 1.82) is 0 Å². The van der Waals surface area contributed by atoms with E-state index in [4.69, 9.17) is 5.11 Å². The number of carboxylic acids is 1. The van der Waals surface area contributed by atoms with Gasteiger partial charge in [-0.2, -0.15) is 5.10 Å². The number of carbonyl (C=O) groups excluding carboxylic acids is 2. The van der Waals surface area contributed by atoms with Gasteiger partial charge in [0.2, 0.25) is 5.91 Å². The van der Waals surface area contributed by atoms with Gasteiger partial charge in [0.15, 0.2) is 0 Å². The van der Waals surface area contributed by atoms with E-state index < -0.39 is 12.0 Å². The highest BCUT2D eigenvalue weighted by Gasteiger charge is 2.17. The molecule has 0 spiro atoms. The second-order valence-electron chi connectivity index (χ2n) is 4.65. The maximum absolute atomic E-state index is 11.9. The third-order valence-corrected chi connectivity index (χ3v) is 2.77. The molecule has 3 amide bonds. The van der Waals surface area contributed by atoms with E-state index in [2.05, 4.69) is 15.7 Å². The van der Waals surface area contributed by atoms with Crippen molar-refractivity contribution in [2.75, 3.05) is 26.0 Å². The first-order valence-electron chi connectivity index (χ1n) is 6.31. The minimum Gasteiger partial charge on any atom is -0.480 e. The molecule has 9 heteroatoms.